The van der Waals surface area contributed by atoms with Crippen LogP contribution in [0.1, 0.15) is 5.56 Å². The Hall–Kier alpha value is -0.260. The predicted octanol–water partition coefficient (Wildman–Crippen LogP) is 2.82. The maximum Gasteiger partial charge on any atom is 1.00 e. The quantitative estimate of drug-likeness (QED) is 0.535. The van der Waals surface area contributed by atoms with Gasteiger partial charge < -0.3 is 22.1 Å². The molecule has 1 aromatic heterocycles. The summed E-state index contributed by atoms with van der Waals surface area (Å²) in [7, 11) is 0. The summed E-state index contributed by atoms with van der Waals surface area (Å²) >= 11 is 3.02. The van der Waals surface area contributed by atoms with Gasteiger partial charge in [-0.25, -0.2) is 0 Å². The molecule has 2 rings (SSSR count). The third kappa shape index (κ3) is 4.01. The van der Waals surface area contributed by atoms with Gasteiger partial charge in [-0.2, -0.15) is 5.38 Å². The van der Waals surface area contributed by atoms with E-state index in [1.54, 1.807) is 11.8 Å². The summed E-state index contributed by atoms with van der Waals surface area (Å²) in [5.41, 5.74) is 6.80. The van der Waals surface area contributed by atoms with E-state index in [1.165, 1.54) is 16.9 Å². The summed E-state index contributed by atoms with van der Waals surface area (Å²) in [6.07, 6.45) is 0. The molecular weight excluding hydrogens is 320 g/mol. The van der Waals surface area contributed by atoms with Crippen molar-refractivity contribution in [3.05, 3.63) is 41.3 Å². The van der Waals surface area contributed by atoms with Gasteiger partial charge >= 0.3 is 22.4 Å². The van der Waals surface area contributed by atoms with Crippen LogP contribution in [0.25, 0.3) is 0 Å². The summed E-state index contributed by atoms with van der Waals surface area (Å²) in [5.74, 6) is 0.917. The van der Waals surface area contributed by atoms with Crippen molar-refractivity contribution >= 4 is 28.2 Å². The molecule has 0 unspecified atom stereocenters. The molecule has 0 radical (unpaired) electrons. The van der Waals surface area contributed by atoms with Crippen molar-refractivity contribution in [1.29, 1.82) is 0 Å². The monoisotopic (exact) mass is 328 g/mol. The number of hydrogen-bond donors (Lipinski definition) is 1. The second kappa shape index (κ2) is 6.35. The van der Waals surface area contributed by atoms with E-state index >= 15 is 0 Å². The topological polar surface area (TPSA) is 38.9 Å². The van der Waals surface area contributed by atoms with E-state index < -0.39 is 0 Å². The number of nitrogen functional groups attached to an aromatic ring is 1. The van der Waals surface area contributed by atoms with E-state index in [-0.39, 0.29) is 22.4 Å². The van der Waals surface area contributed by atoms with Gasteiger partial charge in [0.2, 0.25) is 0 Å². The summed E-state index contributed by atoms with van der Waals surface area (Å²) in [5, 5.41) is 4.51. The van der Waals surface area contributed by atoms with Crippen LogP contribution >= 0.6 is 23.1 Å². The number of anilines is 1. The molecule has 15 heavy (non-hydrogen) atoms. The molecule has 0 amide bonds. The van der Waals surface area contributed by atoms with Gasteiger partial charge in [0, 0.05) is 10.9 Å². The molecule has 0 aliphatic rings. The number of aromatic nitrogens is 1. The Labute approximate surface area is 113 Å². The Bertz CT molecular complexity index is 403. The van der Waals surface area contributed by atoms with Crippen molar-refractivity contribution in [1.82, 2.24) is 4.98 Å². The fourth-order valence-corrected chi connectivity index (χ4v) is 2.48. The number of nitrogens with two attached hydrogens (primary N) is 1. The van der Waals surface area contributed by atoms with Crippen molar-refractivity contribution in [3.8, 4) is 0 Å². The molecule has 82 valence electrons. The minimum Gasteiger partial charge on any atom is -0.452 e. The van der Waals surface area contributed by atoms with Gasteiger partial charge in [-0.3, -0.25) is 0 Å². The molecule has 0 aliphatic carbocycles. The normalized spacial score (nSPS) is 9.60. The van der Waals surface area contributed by atoms with Crippen LogP contribution in [0.5, 0.6) is 0 Å². The molecule has 1 aromatic carbocycles. The van der Waals surface area contributed by atoms with Crippen LogP contribution in [0, 0.1) is 5.38 Å². The van der Waals surface area contributed by atoms with E-state index in [4.69, 9.17) is 5.73 Å². The van der Waals surface area contributed by atoms with Crippen LogP contribution in [0.15, 0.2) is 35.4 Å². The Morgan fingerprint density at radius 2 is 2.07 bits per heavy atom. The first-order valence-electron chi connectivity index (χ1n) is 4.15. The molecule has 2 aromatic rings. The van der Waals surface area contributed by atoms with Gasteiger partial charge in [0.25, 0.3) is 0 Å². The standard InChI is InChI=1S/C10H9N2S2.Ag/c11-10-12-9(7-14-10)13-6-8-4-2-1-3-5-8;/h1-5H,6H2,(H2,11,12);/q-1;+1. The first-order valence-corrected chi connectivity index (χ1v) is 5.95. The second-order valence-corrected chi connectivity index (χ2v) is 4.52. The Balaban J connectivity index is 0.00000112. The zero-order valence-electron chi connectivity index (χ0n) is 7.74. The molecule has 5 heteroatoms. The maximum atomic E-state index is 5.51. The molecule has 0 bridgehead atoms. The van der Waals surface area contributed by atoms with Crippen molar-refractivity contribution in [2.24, 2.45) is 0 Å². The molecule has 0 saturated heterocycles. The summed E-state index contributed by atoms with van der Waals surface area (Å²) in [6, 6.07) is 10.3. The van der Waals surface area contributed by atoms with Gasteiger partial charge in [-0.15, -0.1) is 11.8 Å². The Kier molecular flexibility index (Phi) is 5.42. The first-order chi connectivity index (χ1) is 6.84. The van der Waals surface area contributed by atoms with Gasteiger partial charge in [-0.05, 0) is 10.6 Å². The average molecular weight is 329 g/mol. The van der Waals surface area contributed by atoms with Crippen molar-refractivity contribution in [2.45, 2.75) is 10.8 Å². The zero-order valence-corrected chi connectivity index (χ0v) is 10.9. The van der Waals surface area contributed by atoms with Crippen LogP contribution < -0.4 is 5.73 Å². The zero-order chi connectivity index (χ0) is 9.80. The third-order valence-corrected chi connectivity index (χ3v) is 3.34. The summed E-state index contributed by atoms with van der Waals surface area (Å²) < 4.78 is 0. The number of nitrogens with zero attached hydrogens (tertiary/aromatic N) is 1. The molecule has 2 N–H and O–H groups in total. The van der Waals surface area contributed by atoms with Crippen LogP contribution in [-0.4, -0.2) is 4.98 Å². The predicted molar refractivity (Wildman–Crippen MR) is 61.4 cm³/mol. The van der Waals surface area contributed by atoms with Gasteiger partial charge in [0.05, 0.1) is 0 Å². The maximum absolute atomic E-state index is 5.51. The molecule has 0 atom stereocenters. The number of benzene rings is 1. The number of hydrogen-bond acceptors (Lipinski definition) is 4. The van der Waals surface area contributed by atoms with E-state index in [1.807, 2.05) is 18.2 Å². The molecule has 0 aliphatic heterocycles. The summed E-state index contributed by atoms with van der Waals surface area (Å²) in [6.45, 7) is 0. The average Bonchev–Trinajstić information content (AvgIpc) is 2.63. The SMILES string of the molecule is Nc1nc(SCc2ccccc2)[c-]s1.[Ag+]. The van der Waals surface area contributed by atoms with E-state index in [0.717, 1.165) is 10.8 Å². The van der Waals surface area contributed by atoms with E-state index in [2.05, 4.69) is 22.5 Å². The van der Waals surface area contributed by atoms with Crippen LogP contribution in [-0.2, 0) is 28.1 Å². The fourth-order valence-electron chi connectivity index (χ4n) is 1.03. The summed E-state index contributed by atoms with van der Waals surface area (Å²) in [4.78, 5) is 4.13. The number of thiazole rings is 1. The minimum atomic E-state index is 0. The van der Waals surface area contributed by atoms with Crippen LogP contribution in [0.4, 0.5) is 5.13 Å². The smallest absolute Gasteiger partial charge is 0.452 e. The van der Waals surface area contributed by atoms with E-state index in [0.29, 0.717) is 5.13 Å². The first kappa shape index (κ1) is 12.8. The van der Waals surface area contributed by atoms with E-state index in [9.17, 15) is 0 Å². The molecular formula is C10H9AgN2S2. The fraction of sp³-hybridized carbons (Fsp3) is 0.100. The number of rotatable bonds is 3. The van der Waals surface area contributed by atoms with Crippen LogP contribution in [0.3, 0.4) is 0 Å². The molecule has 1 heterocycles. The number of thioether (sulfide) groups is 1. The van der Waals surface area contributed by atoms with Gasteiger partial charge in [0.1, 0.15) is 0 Å². The van der Waals surface area contributed by atoms with Crippen molar-refractivity contribution < 1.29 is 22.4 Å². The van der Waals surface area contributed by atoms with Gasteiger partial charge in [0.15, 0.2) is 0 Å². The van der Waals surface area contributed by atoms with Crippen molar-refractivity contribution in [3.63, 3.8) is 0 Å². The second-order valence-electron chi connectivity index (χ2n) is 2.73. The Morgan fingerprint density at radius 3 is 2.67 bits per heavy atom. The van der Waals surface area contributed by atoms with Gasteiger partial charge in [-0.1, -0.05) is 30.3 Å². The minimum absolute atomic E-state index is 0. The Morgan fingerprint density at radius 1 is 1.33 bits per heavy atom. The molecule has 0 saturated carbocycles. The molecule has 0 fully saturated rings. The van der Waals surface area contributed by atoms with Crippen LogP contribution in [0.2, 0.25) is 0 Å². The third-order valence-electron chi connectivity index (χ3n) is 1.67. The van der Waals surface area contributed by atoms with Crippen molar-refractivity contribution in [2.75, 3.05) is 5.73 Å². The largest absolute Gasteiger partial charge is 1.00 e. The molecule has 2 nitrogen and oxygen atoms in total. The molecule has 0 spiro atoms.